The van der Waals surface area contributed by atoms with E-state index in [1.54, 1.807) is 0 Å². The van der Waals surface area contributed by atoms with Crippen molar-refractivity contribution >= 4 is 42.8 Å². The monoisotopic (exact) mass is 299 g/mol. The highest BCUT2D eigenvalue weighted by molar-refractivity contribution is 9.11. The van der Waals surface area contributed by atoms with Gasteiger partial charge in [0.15, 0.2) is 0 Å². The Hall–Kier alpha value is -0.410. The van der Waals surface area contributed by atoms with E-state index in [0.717, 1.165) is 14.6 Å². The van der Waals surface area contributed by atoms with Gasteiger partial charge in [0.25, 0.3) is 0 Å². The number of hydrogen-bond acceptors (Lipinski definition) is 1. The minimum Gasteiger partial charge on any atom is -0.240 e. The largest absolute Gasteiger partial charge is 0.240 e. The first-order chi connectivity index (χ1) is 6.18. The Kier molecular flexibility index (Phi) is 2.39. The SMILES string of the molecule is Cc1ccc(Br)c2nc(Br)ccc12. The third kappa shape index (κ3) is 1.63. The topological polar surface area (TPSA) is 12.9 Å². The molecule has 0 saturated heterocycles. The highest BCUT2D eigenvalue weighted by Gasteiger charge is 2.02. The van der Waals surface area contributed by atoms with Crippen LogP contribution < -0.4 is 0 Å². The molecule has 2 rings (SSSR count). The number of nitrogens with zero attached hydrogens (tertiary/aromatic N) is 1. The molecule has 1 aromatic carbocycles. The van der Waals surface area contributed by atoms with Crippen molar-refractivity contribution in [2.75, 3.05) is 0 Å². The van der Waals surface area contributed by atoms with Crippen molar-refractivity contribution in [3.8, 4) is 0 Å². The fourth-order valence-electron chi connectivity index (χ4n) is 1.30. The van der Waals surface area contributed by atoms with Gasteiger partial charge in [-0.05, 0) is 62.5 Å². The molecule has 0 fully saturated rings. The van der Waals surface area contributed by atoms with Crippen LogP contribution in [0, 0.1) is 6.92 Å². The van der Waals surface area contributed by atoms with Crippen LogP contribution in [0.4, 0.5) is 0 Å². The first kappa shape index (κ1) is 9.16. The second-order valence-electron chi connectivity index (χ2n) is 2.89. The van der Waals surface area contributed by atoms with Gasteiger partial charge in [0, 0.05) is 9.86 Å². The maximum atomic E-state index is 4.41. The van der Waals surface area contributed by atoms with Crippen LogP contribution in [0.15, 0.2) is 33.3 Å². The molecule has 1 aromatic heterocycles. The van der Waals surface area contributed by atoms with Crippen LogP contribution in [0.1, 0.15) is 5.56 Å². The first-order valence-electron chi connectivity index (χ1n) is 3.90. The summed E-state index contributed by atoms with van der Waals surface area (Å²) in [6.45, 7) is 2.09. The van der Waals surface area contributed by atoms with E-state index < -0.39 is 0 Å². The summed E-state index contributed by atoms with van der Waals surface area (Å²) in [5.74, 6) is 0. The maximum Gasteiger partial charge on any atom is 0.106 e. The molecule has 0 radical (unpaired) electrons. The van der Waals surface area contributed by atoms with Crippen LogP contribution in [-0.2, 0) is 0 Å². The predicted molar refractivity (Wildman–Crippen MR) is 61.9 cm³/mol. The van der Waals surface area contributed by atoms with Crippen molar-refractivity contribution in [1.82, 2.24) is 4.98 Å². The minimum absolute atomic E-state index is 0.867. The predicted octanol–water partition coefficient (Wildman–Crippen LogP) is 4.07. The zero-order valence-electron chi connectivity index (χ0n) is 7.01. The quantitative estimate of drug-likeness (QED) is 0.668. The van der Waals surface area contributed by atoms with Crippen LogP contribution in [-0.4, -0.2) is 4.98 Å². The van der Waals surface area contributed by atoms with E-state index in [0.29, 0.717) is 0 Å². The summed E-state index contributed by atoms with van der Waals surface area (Å²) in [7, 11) is 0. The highest BCUT2D eigenvalue weighted by Crippen LogP contribution is 2.26. The number of hydrogen-bond donors (Lipinski definition) is 0. The zero-order valence-corrected chi connectivity index (χ0v) is 10.2. The smallest absolute Gasteiger partial charge is 0.106 e. The Bertz CT molecular complexity index is 466. The average Bonchev–Trinajstić information content (AvgIpc) is 2.12. The number of rotatable bonds is 0. The van der Waals surface area contributed by atoms with Gasteiger partial charge in [-0.2, -0.15) is 0 Å². The van der Waals surface area contributed by atoms with Crippen molar-refractivity contribution in [3.63, 3.8) is 0 Å². The number of aromatic nitrogens is 1. The van der Waals surface area contributed by atoms with E-state index in [1.165, 1.54) is 10.9 Å². The van der Waals surface area contributed by atoms with Gasteiger partial charge in [-0.15, -0.1) is 0 Å². The molecule has 0 unspecified atom stereocenters. The molecular weight excluding hydrogens is 294 g/mol. The summed E-state index contributed by atoms with van der Waals surface area (Å²) in [5.41, 5.74) is 2.26. The molecule has 1 nitrogen and oxygen atoms in total. The highest BCUT2D eigenvalue weighted by atomic mass is 79.9. The van der Waals surface area contributed by atoms with Crippen LogP contribution in [0.5, 0.6) is 0 Å². The Balaban J connectivity index is 2.92. The summed E-state index contributed by atoms with van der Waals surface area (Å²) in [5, 5.41) is 1.19. The Labute approximate surface area is 93.4 Å². The van der Waals surface area contributed by atoms with E-state index in [-0.39, 0.29) is 0 Å². The second kappa shape index (κ2) is 3.39. The normalized spacial score (nSPS) is 10.7. The first-order valence-corrected chi connectivity index (χ1v) is 5.48. The van der Waals surface area contributed by atoms with Gasteiger partial charge < -0.3 is 0 Å². The van der Waals surface area contributed by atoms with Gasteiger partial charge in [-0.1, -0.05) is 6.07 Å². The van der Waals surface area contributed by atoms with Crippen molar-refractivity contribution in [3.05, 3.63) is 38.9 Å². The van der Waals surface area contributed by atoms with Gasteiger partial charge >= 0.3 is 0 Å². The maximum absolute atomic E-state index is 4.41. The molecule has 0 bridgehead atoms. The number of pyridine rings is 1. The molecule has 3 heteroatoms. The molecular formula is C10H7Br2N. The molecule has 0 aliphatic heterocycles. The van der Waals surface area contributed by atoms with Crippen LogP contribution in [0.2, 0.25) is 0 Å². The third-order valence-electron chi connectivity index (χ3n) is 1.99. The summed E-state index contributed by atoms with van der Waals surface area (Å²) in [6, 6.07) is 8.15. The van der Waals surface area contributed by atoms with E-state index >= 15 is 0 Å². The number of aryl methyl sites for hydroxylation is 1. The number of benzene rings is 1. The summed E-state index contributed by atoms with van der Waals surface area (Å²) in [4.78, 5) is 4.41. The molecule has 0 aliphatic carbocycles. The molecule has 13 heavy (non-hydrogen) atoms. The van der Waals surface area contributed by atoms with E-state index in [4.69, 9.17) is 0 Å². The van der Waals surface area contributed by atoms with Gasteiger partial charge in [0.05, 0.1) is 5.52 Å². The van der Waals surface area contributed by atoms with E-state index in [1.807, 2.05) is 12.1 Å². The van der Waals surface area contributed by atoms with Gasteiger partial charge in [0.2, 0.25) is 0 Å². The van der Waals surface area contributed by atoms with E-state index in [2.05, 4.69) is 55.9 Å². The minimum atomic E-state index is 0.867. The standard InChI is InChI=1S/C10H7Br2N/c1-6-2-4-8(11)10-7(6)3-5-9(12)13-10/h2-5H,1H3. The third-order valence-corrected chi connectivity index (χ3v) is 3.07. The Morgan fingerprint density at radius 1 is 1.08 bits per heavy atom. The lowest BCUT2D eigenvalue weighted by molar-refractivity contribution is 1.33. The molecule has 2 aromatic rings. The molecule has 0 saturated carbocycles. The van der Waals surface area contributed by atoms with Crippen molar-refractivity contribution < 1.29 is 0 Å². The van der Waals surface area contributed by atoms with Gasteiger partial charge in [0.1, 0.15) is 4.60 Å². The lowest BCUT2D eigenvalue weighted by atomic mass is 10.1. The Morgan fingerprint density at radius 3 is 2.62 bits per heavy atom. The van der Waals surface area contributed by atoms with Crippen LogP contribution in [0.3, 0.4) is 0 Å². The fourth-order valence-corrected chi connectivity index (χ4v) is 2.05. The zero-order chi connectivity index (χ0) is 9.42. The molecule has 0 N–H and O–H groups in total. The lowest BCUT2D eigenvalue weighted by Gasteiger charge is -2.03. The van der Waals surface area contributed by atoms with Crippen LogP contribution in [0.25, 0.3) is 10.9 Å². The molecule has 0 amide bonds. The molecule has 66 valence electrons. The van der Waals surface area contributed by atoms with Crippen LogP contribution >= 0.6 is 31.9 Å². The van der Waals surface area contributed by atoms with Crippen molar-refractivity contribution in [2.24, 2.45) is 0 Å². The van der Waals surface area contributed by atoms with Gasteiger partial charge in [-0.25, -0.2) is 4.98 Å². The van der Waals surface area contributed by atoms with E-state index in [9.17, 15) is 0 Å². The van der Waals surface area contributed by atoms with Crippen molar-refractivity contribution in [1.29, 1.82) is 0 Å². The second-order valence-corrected chi connectivity index (χ2v) is 4.56. The summed E-state index contributed by atoms with van der Waals surface area (Å²) in [6.07, 6.45) is 0. The molecule has 0 atom stereocenters. The van der Waals surface area contributed by atoms with Crippen molar-refractivity contribution in [2.45, 2.75) is 6.92 Å². The number of fused-ring (bicyclic) bond motifs is 1. The fraction of sp³-hybridized carbons (Fsp3) is 0.100. The molecule has 0 spiro atoms. The summed E-state index contributed by atoms with van der Waals surface area (Å²) < 4.78 is 1.90. The molecule has 0 aliphatic rings. The lowest BCUT2D eigenvalue weighted by Crippen LogP contribution is -1.84. The molecule has 1 heterocycles. The summed E-state index contributed by atoms with van der Waals surface area (Å²) >= 11 is 6.84. The Morgan fingerprint density at radius 2 is 1.85 bits per heavy atom. The van der Waals surface area contributed by atoms with Gasteiger partial charge in [-0.3, -0.25) is 0 Å². The number of halogens is 2. The average molecular weight is 301 g/mol.